The summed E-state index contributed by atoms with van der Waals surface area (Å²) in [7, 11) is 0. The first-order valence-electron chi connectivity index (χ1n) is 16.1. The number of nitrogens with zero attached hydrogens (tertiary/aromatic N) is 4. The van der Waals surface area contributed by atoms with Crippen LogP contribution in [0.15, 0.2) is 42.6 Å². The Morgan fingerprint density at radius 2 is 1.78 bits per heavy atom. The minimum absolute atomic E-state index is 0.0493. The van der Waals surface area contributed by atoms with Crippen LogP contribution in [0.25, 0.3) is 11.4 Å². The number of aliphatic carboxylic acids is 1. The summed E-state index contributed by atoms with van der Waals surface area (Å²) in [4.78, 5) is 87.4. The van der Waals surface area contributed by atoms with E-state index in [9.17, 15) is 42.7 Å². The Kier molecular flexibility index (Phi) is 11.2. The van der Waals surface area contributed by atoms with Crippen molar-refractivity contribution in [1.29, 1.82) is 0 Å². The van der Waals surface area contributed by atoms with E-state index in [2.05, 4.69) is 36.3 Å². The number of amides is 5. The second-order valence-corrected chi connectivity index (χ2v) is 12.1. The number of fused-ring (bicyclic) bond motifs is 1. The van der Waals surface area contributed by atoms with Crippen LogP contribution in [0, 0.1) is 6.92 Å². The van der Waals surface area contributed by atoms with Crippen molar-refractivity contribution < 1.29 is 42.7 Å². The van der Waals surface area contributed by atoms with E-state index in [4.69, 9.17) is 0 Å². The molecule has 0 unspecified atom stereocenters. The van der Waals surface area contributed by atoms with Gasteiger partial charge in [-0.15, -0.1) is 0 Å². The second-order valence-electron chi connectivity index (χ2n) is 12.1. The zero-order valence-electron chi connectivity index (χ0n) is 27.0. The molecule has 2 aliphatic heterocycles. The van der Waals surface area contributed by atoms with Crippen molar-refractivity contribution >= 4 is 35.5 Å². The van der Waals surface area contributed by atoms with Crippen LogP contribution in [0.4, 0.5) is 8.78 Å². The minimum atomic E-state index is -2.97. The lowest BCUT2D eigenvalue weighted by molar-refractivity contribution is -0.144. The Morgan fingerprint density at radius 1 is 1.02 bits per heavy atom. The lowest BCUT2D eigenvalue weighted by atomic mass is 10.1. The first-order valence-corrected chi connectivity index (χ1v) is 16.1. The van der Waals surface area contributed by atoms with Crippen molar-refractivity contribution in [2.45, 2.75) is 76.2 Å². The molecule has 3 aromatic rings. The van der Waals surface area contributed by atoms with Crippen molar-refractivity contribution in [2.75, 3.05) is 13.1 Å². The van der Waals surface area contributed by atoms with Gasteiger partial charge >= 0.3 is 12.5 Å². The van der Waals surface area contributed by atoms with Gasteiger partial charge in [0.05, 0.1) is 0 Å². The van der Waals surface area contributed by atoms with Gasteiger partial charge in [-0.25, -0.2) is 14.5 Å². The van der Waals surface area contributed by atoms with Gasteiger partial charge in [0.15, 0.2) is 0 Å². The van der Waals surface area contributed by atoms with Gasteiger partial charge in [-0.1, -0.05) is 30.3 Å². The van der Waals surface area contributed by atoms with E-state index in [1.165, 1.54) is 0 Å². The molecule has 50 heavy (non-hydrogen) atoms. The number of hydrogen-bond acceptors (Lipinski definition) is 8. The summed E-state index contributed by atoms with van der Waals surface area (Å²) in [5.41, 5.74) is 0.919. The summed E-state index contributed by atoms with van der Waals surface area (Å²) in [6.45, 7) is -1.30. The maximum absolute atomic E-state index is 14.2. The van der Waals surface area contributed by atoms with Gasteiger partial charge in [0, 0.05) is 43.0 Å². The molecule has 2 saturated heterocycles. The molecule has 0 aliphatic carbocycles. The van der Waals surface area contributed by atoms with Crippen molar-refractivity contribution in [1.82, 2.24) is 45.9 Å². The molecule has 2 fully saturated rings. The third-order valence-corrected chi connectivity index (χ3v) is 8.53. The molecule has 4 heterocycles. The Bertz CT molecular complexity index is 1750. The number of halogens is 2. The number of rotatable bonds is 7. The van der Waals surface area contributed by atoms with Crippen LogP contribution in [0.3, 0.4) is 0 Å². The van der Waals surface area contributed by atoms with Gasteiger partial charge in [0.1, 0.15) is 35.3 Å². The molecule has 0 saturated carbocycles. The van der Waals surface area contributed by atoms with Crippen molar-refractivity contribution in [3.05, 3.63) is 59.7 Å². The number of nitrogens with one attached hydrogen (secondary N) is 5. The van der Waals surface area contributed by atoms with Crippen LogP contribution >= 0.6 is 0 Å². The number of H-pyrrole nitrogens is 1. The van der Waals surface area contributed by atoms with Gasteiger partial charge in [-0.2, -0.15) is 13.9 Å². The largest absolute Gasteiger partial charge is 0.480 e. The fraction of sp³-hybridized carbons (Fsp3) is 0.438. The highest BCUT2D eigenvalue weighted by atomic mass is 19.3. The van der Waals surface area contributed by atoms with Crippen LogP contribution in [0.5, 0.6) is 0 Å². The molecule has 266 valence electrons. The lowest BCUT2D eigenvalue weighted by Crippen LogP contribution is -2.55. The van der Waals surface area contributed by atoms with Gasteiger partial charge in [0.2, 0.25) is 17.7 Å². The first kappa shape index (κ1) is 35.6. The van der Waals surface area contributed by atoms with Crippen LogP contribution in [0.2, 0.25) is 0 Å². The number of aryl methyl sites for hydroxylation is 1. The molecule has 5 amide bonds. The van der Waals surface area contributed by atoms with Gasteiger partial charge in [-0.3, -0.25) is 24.0 Å². The Morgan fingerprint density at radius 3 is 2.48 bits per heavy atom. The number of carbonyl (C=O) groups is 6. The SMILES string of the molecule is Cc1[nH]c(-c2ccccc2)nc1C(=O)N[C@H]1CCCCNC(=O)CC[C@@H](C(=O)O)NC(=O)[C@@H]2C[C@@H](NC(=O)c3ccn(C(F)F)n3)CN2C1=O. The molecule has 1 aromatic carbocycles. The van der Waals surface area contributed by atoms with E-state index in [-0.39, 0.29) is 50.2 Å². The molecule has 5 rings (SSSR count). The van der Waals surface area contributed by atoms with Gasteiger partial charge in [-0.05, 0) is 45.1 Å². The average molecular weight is 698 g/mol. The number of alkyl halides is 2. The number of imidazole rings is 1. The van der Waals surface area contributed by atoms with Gasteiger partial charge in [0.25, 0.3) is 11.8 Å². The summed E-state index contributed by atoms with van der Waals surface area (Å²) in [5, 5.41) is 23.8. The maximum Gasteiger partial charge on any atom is 0.333 e. The van der Waals surface area contributed by atoms with Crippen LogP contribution in [0.1, 0.15) is 71.7 Å². The Labute approximate surface area is 284 Å². The zero-order chi connectivity index (χ0) is 35.9. The summed E-state index contributed by atoms with van der Waals surface area (Å²) < 4.78 is 26.4. The van der Waals surface area contributed by atoms with E-state index in [1.54, 1.807) is 6.92 Å². The van der Waals surface area contributed by atoms with Crippen molar-refractivity contribution in [3.8, 4) is 11.4 Å². The van der Waals surface area contributed by atoms with E-state index in [0.29, 0.717) is 29.0 Å². The number of carbonyl (C=O) groups excluding carboxylic acids is 5. The normalized spacial score (nSPS) is 22.2. The molecule has 18 heteroatoms. The molecule has 16 nitrogen and oxygen atoms in total. The average Bonchev–Trinajstić information content (AvgIpc) is 3.84. The van der Waals surface area contributed by atoms with Crippen molar-refractivity contribution in [2.24, 2.45) is 0 Å². The van der Waals surface area contributed by atoms with E-state index >= 15 is 0 Å². The number of hydrogen-bond donors (Lipinski definition) is 6. The standard InChI is InChI=1S/C32H37F2N9O7/c1-17-25(40-26(36-17)18-7-3-2-4-8-18)29(47)38-21-9-5-6-13-35-24(44)11-10-22(31(49)50)39-28(46)23-15-19(16-42(23)30(21)48)37-27(45)20-12-14-43(41-20)32(33)34/h2-4,7-8,12,14,19,21-23,32H,5-6,9-11,13,15-16H2,1H3,(H,35,44)(H,36,40)(H,37,45)(H,38,47)(H,39,46)(H,49,50)/t19-,21+,22+,23+/m1/s1. The number of aromatic nitrogens is 4. The summed E-state index contributed by atoms with van der Waals surface area (Å²) in [6.07, 6.45) is 1.29. The summed E-state index contributed by atoms with van der Waals surface area (Å²) in [5.74, 6) is -4.36. The molecule has 0 bridgehead atoms. The molecule has 2 aliphatic rings. The Hall–Kier alpha value is -5.68. The number of benzene rings is 1. The molecule has 0 radical (unpaired) electrons. The van der Waals surface area contributed by atoms with Crippen LogP contribution < -0.4 is 21.3 Å². The quantitative estimate of drug-likeness (QED) is 0.208. The summed E-state index contributed by atoms with van der Waals surface area (Å²) >= 11 is 0. The molecular formula is C32H37F2N9O7. The highest BCUT2D eigenvalue weighted by Crippen LogP contribution is 2.23. The van der Waals surface area contributed by atoms with Crippen molar-refractivity contribution in [3.63, 3.8) is 0 Å². The molecular weight excluding hydrogens is 660 g/mol. The molecule has 2 aromatic heterocycles. The molecule has 4 atom stereocenters. The van der Waals surface area contributed by atoms with Gasteiger partial charge < -0.3 is 36.3 Å². The minimum Gasteiger partial charge on any atom is -0.480 e. The first-order chi connectivity index (χ1) is 23.9. The number of aromatic amines is 1. The fourth-order valence-corrected chi connectivity index (χ4v) is 5.95. The smallest absolute Gasteiger partial charge is 0.333 e. The number of carboxylic acid groups (broad SMARTS) is 1. The lowest BCUT2D eigenvalue weighted by Gasteiger charge is -2.29. The van der Waals surface area contributed by atoms with E-state index in [1.807, 2.05) is 30.3 Å². The predicted octanol–water partition coefficient (Wildman–Crippen LogP) is 1.12. The summed E-state index contributed by atoms with van der Waals surface area (Å²) in [6, 6.07) is 5.39. The zero-order valence-corrected chi connectivity index (χ0v) is 27.0. The topological polar surface area (TPSA) is 221 Å². The monoisotopic (exact) mass is 697 g/mol. The molecule has 6 N–H and O–H groups in total. The fourth-order valence-electron chi connectivity index (χ4n) is 5.95. The third kappa shape index (κ3) is 8.48. The predicted molar refractivity (Wildman–Crippen MR) is 171 cm³/mol. The highest BCUT2D eigenvalue weighted by molar-refractivity contribution is 5.99. The van der Waals surface area contributed by atoms with E-state index in [0.717, 1.165) is 22.7 Å². The molecule has 0 spiro atoms. The second kappa shape index (κ2) is 15.7. The van der Waals surface area contributed by atoms with E-state index < -0.39 is 66.2 Å². The van der Waals surface area contributed by atoms with Crippen LogP contribution in [-0.4, -0.2) is 103 Å². The van der Waals surface area contributed by atoms with Crippen LogP contribution in [-0.2, 0) is 19.2 Å². The highest BCUT2D eigenvalue weighted by Gasteiger charge is 2.43. The Balaban J connectivity index is 1.41. The maximum atomic E-state index is 14.2. The third-order valence-electron chi connectivity index (χ3n) is 8.53. The number of carboxylic acids is 1.